The summed E-state index contributed by atoms with van der Waals surface area (Å²) >= 11 is 0. The number of ether oxygens (including phenoxy) is 1. The average Bonchev–Trinajstić information content (AvgIpc) is 2.36. The van der Waals surface area contributed by atoms with Crippen molar-refractivity contribution in [3.8, 4) is 0 Å². The molecule has 1 rings (SSSR count). The molecule has 0 aromatic rings. The lowest BCUT2D eigenvalue weighted by atomic mass is 9.83. The van der Waals surface area contributed by atoms with Crippen LogP contribution in [0.15, 0.2) is 0 Å². The number of esters is 1. The minimum Gasteiger partial charge on any atom is -0.465 e. The first-order valence-corrected chi connectivity index (χ1v) is 7.49. The maximum absolute atomic E-state index is 11.7. The van der Waals surface area contributed by atoms with E-state index in [0.717, 1.165) is 5.92 Å². The Hall–Kier alpha value is -0.570. The fourth-order valence-corrected chi connectivity index (χ4v) is 3.02. The highest BCUT2D eigenvalue weighted by atomic mass is 16.5. The first kappa shape index (κ1) is 15.5. The molecule has 0 aromatic heterocycles. The van der Waals surface area contributed by atoms with E-state index in [2.05, 4.69) is 25.7 Å². The maximum Gasteiger partial charge on any atom is 0.320 e. The summed E-state index contributed by atoms with van der Waals surface area (Å²) in [6.45, 7) is 9.42. The number of hydrogen-bond donors (Lipinski definition) is 0. The van der Waals surface area contributed by atoms with Crippen molar-refractivity contribution in [1.82, 2.24) is 4.90 Å². The number of hydrogen-bond acceptors (Lipinski definition) is 3. The van der Waals surface area contributed by atoms with Crippen LogP contribution in [0.25, 0.3) is 0 Å². The summed E-state index contributed by atoms with van der Waals surface area (Å²) in [6.07, 6.45) is 6.40. The van der Waals surface area contributed by atoms with Crippen molar-refractivity contribution in [2.24, 2.45) is 5.92 Å². The quantitative estimate of drug-likeness (QED) is 0.682. The van der Waals surface area contributed by atoms with Gasteiger partial charge in [-0.15, -0.1) is 0 Å². The zero-order chi connectivity index (χ0) is 13.5. The highest BCUT2D eigenvalue weighted by Gasteiger charge is 2.28. The molecule has 1 aliphatic carbocycles. The normalized spacial score (nSPS) is 24.6. The van der Waals surface area contributed by atoms with Gasteiger partial charge in [-0.2, -0.15) is 0 Å². The average molecular weight is 255 g/mol. The van der Waals surface area contributed by atoms with Gasteiger partial charge in [0.2, 0.25) is 0 Å². The van der Waals surface area contributed by atoms with E-state index in [4.69, 9.17) is 4.74 Å². The topological polar surface area (TPSA) is 29.5 Å². The molecular formula is C15H29NO2. The van der Waals surface area contributed by atoms with Crippen LogP contribution in [0.5, 0.6) is 0 Å². The number of carbonyl (C=O) groups excluding carboxylic acids is 1. The van der Waals surface area contributed by atoms with Crippen LogP contribution in [0.4, 0.5) is 0 Å². The molecule has 0 saturated heterocycles. The Morgan fingerprint density at radius 3 is 2.61 bits per heavy atom. The van der Waals surface area contributed by atoms with E-state index in [-0.39, 0.29) is 5.97 Å². The van der Waals surface area contributed by atoms with Gasteiger partial charge in [-0.3, -0.25) is 9.69 Å². The van der Waals surface area contributed by atoms with Gasteiger partial charge in [0.25, 0.3) is 0 Å². The molecule has 0 aliphatic heterocycles. The largest absolute Gasteiger partial charge is 0.465 e. The predicted molar refractivity (Wildman–Crippen MR) is 74.5 cm³/mol. The van der Waals surface area contributed by atoms with Crippen LogP contribution in [-0.2, 0) is 9.53 Å². The third-order valence-electron chi connectivity index (χ3n) is 4.08. The van der Waals surface area contributed by atoms with E-state index in [1.54, 1.807) is 0 Å². The van der Waals surface area contributed by atoms with Gasteiger partial charge >= 0.3 is 5.97 Å². The van der Waals surface area contributed by atoms with Crippen molar-refractivity contribution in [3.05, 3.63) is 0 Å². The van der Waals surface area contributed by atoms with Crippen LogP contribution >= 0.6 is 0 Å². The summed E-state index contributed by atoms with van der Waals surface area (Å²) in [4.78, 5) is 14.0. The van der Waals surface area contributed by atoms with Crippen LogP contribution in [-0.4, -0.2) is 36.1 Å². The van der Waals surface area contributed by atoms with Crippen molar-refractivity contribution in [2.75, 3.05) is 13.2 Å². The standard InChI is InChI=1S/C15H29NO2/c1-5-13-8-7-9-14(10-13)16(12(3)4)11-15(17)18-6-2/h12-14H,5-11H2,1-4H3. The third kappa shape index (κ3) is 4.60. The Balaban J connectivity index is 2.57. The molecule has 18 heavy (non-hydrogen) atoms. The summed E-state index contributed by atoms with van der Waals surface area (Å²) < 4.78 is 5.09. The Morgan fingerprint density at radius 1 is 1.33 bits per heavy atom. The molecular weight excluding hydrogens is 226 g/mol. The third-order valence-corrected chi connectivity index (χ3v) is 4.08. The van der Waals surface area contributed by atoms with E-state index in [1.807, 2.05) is 6.92 Å². The molecule has 3 heteroatoms. The Morgan fingerprint density at radius 2 is 2.06 bits per heavy atom. The van der Waals surface area contributed by atoms with Crippen molar-refractivity contribution >= 4 is 5.97 Å². The molecule has 0 spiro atoms. The number of carbonyl (C=O) groups is 1. The van der Waals surface area contributed by atoms with Crippen molar-refractivity contribution < 1.29 is 9.53 Å². The predicted octanol–water partition coefficient (Wildman–Crippen LogP) is 3.23. The van der Waals surface area contributed by atoms with Gasteiger partial charge in [-0.1, -0.05) is 26.2 Å². The number of nitrogens with zero attached hydrogens (tertiary/aromatic N) is 1. The smallest absolute Gasteiger partial charge is 0.320 e. The second kappa shape index (κ2) is 7.78. The molecule has 0 radical (unpaired) electrons. The lowest BCUT2D eigenvalue weighted by Gasteiger charge is -2.39. The summed E-state index contributed by atoms with van der Waals surface area (Å²) in [6, 6.07) is 0.975. The molecule has 0 heterocycles. The molecule has 2 atom stereocenters. The van der Waals surface area contributed by atoms with Crippen LogP contribution in [0.1, 0.15) is 59.8 Å². The summed E-state index contributed by atoms with van der Waals surface area (Å²) in [5, 5.41) is 0. The van der Waals surface area contributed by atoms with E-state index >= 15 is 0 Å². The van der Waals surface area contributed by atoms with Crippen LogP contribution < -0.4 is 0 Å². The first-order chi connectivity index (χ1) is 8.58. The molecule has 1 saturated carbocycles. The second-order valence-electron chi connectivity index (χ2n) is 5.67. The minimum absolute atomic E-state index is 0.0789. The van der Waals surface area contributed by atoms with Gasteiger partial charge in [0.1, 0.15) is 0 Å². The highest BCUT2D eigenvalue weighted by Crippen LogP contribution is 2.30. The Kier molecular flexibility index (Phi) is 6.69. The summed E-state index contributed by atoms with van der Waals surface area (Å²) in [5.41, 5.74) is 0. The van der Waals surface area contributed by atoms with E-state index in [0.29, 0.717) is 25.2 Å². The van der Waals surface area contributed by atoms with E-state index in [1.165, 1.54) is 32.1 Å². The SMILES string of the molecule is CCOC(=O)CN(C(C)C)C1CCCC(CC)C1. The molecule has 1 fully saturated rings. The molecule has 3 nitrogen and oxygen atoms in total. The molecule has 0 aromatic carbocycles. The van der Waals surface area contributed by atoms with Crippen LogP contribution in [0.3, 0.4) is 0 Å². The van der Waals surface area contributed by atoms with Crippen molar-refractivity contribution in [2.45, 2.75) is 71.9 Å². The molecule has 1 aliphatic rings. The lowest BCUT2D eigenvalue weighted by Crippen LogP contribution is -2.46. The fraction of sp³-hybridized carbons (Fsp3) is 0.933. The van der Waals surface area contributed by atoms with Gasteiger partial charge in [-0.25, -0.2) is 0 Å². The number of rotatable bonds is 6. The first-order valence-electron chi connectivity index (χ1n) is 7.49. The molecule has 2 unspecified atom stereocenters. The van der Waals surface area contributed by atoms with Gasteiger partial charge in [0, 0.05) is 12.1 Å². The van der Waals surface area contributed by atoms with Gasteiger partial charge in [0.05, 0.1) is 13.2 Å². The summed E-state index contributed by atoms with van der Waals surface area (Å²) in [7, 11) is 0. The molecule has 0 amide bonds. The molecule has 0 bridgehead atoms. The van der Waals surface area contributed by atoms with Gasteiger partial charge in [0.15, 0.2) is 0 Å². The monoisotopic (exact) mass is 255 g/mol. The zero-order valence-corrected chi connectivity index (χ0v) is 12.4. The van der Waals surface area contributed by atoms with Crippen molar-refractivity contribution in [3.63, 3.8) is 0 Å². The Bertz CT molecular complexity index is 253. The molecule has 106 valence electrons. The van der Waals surface area contributed by atoms with E-state index in [9.17, 15) is 4.79 Å². The fourth-order valence-electron chi connectivity index (χ4n) is 3.02. The zero-order valence-electron chi connectivity index (χ0n) is 12.4. The highest BCUT2D eigenvalue weighted by molar-refractivity contribution is 5.71. The van der Waals surface area contributed by atoms with Gasteiger partial charge in [-0.05, 0) is 39.5 Å². The van der Waals surface area contributed by atoms with Gasteiger partial charge < -0.3 is 4.74 Å². The van der Waals surface area contributed by atoms with Crippen LogP contribution in [0.2, 0.25) is 0 Å². The van der Waals surface area contributed by atoms with Crippen LogP contribution in [0, 0.1) is 5.92 Å². The second-order valence-corrected chi connectivity index (χ2v) is 5.67. The van der Waals surface area contributed by atoms with E-state index < -0.39 is 0 Å². The lowest BCUT2D eigenvalue weighted by molar-refractivity contribution is -0.146. The maximum atomic E-state index is 11.7. The minimum atomic E-state index is -0.0789. The Labute approximate surface area is 112 Å². The molecule has 0 N–H and O–H groups in total. The van der Waals surface area contributed by atoms with Crippen molar-refractivity contribution in [1.29, 1.82) is 0 Å². The summed E-state index contributed by atoms with van der Waals surface area (Å²) in [5.74, 6) is 0.761.